The number of aromatic hydroxyl groups is 1. The second kappa shape index (κ2) is 7.83. The fourth-order valence-corrected chi connectivity index (χ4v) is 4.31. The summed E-state index contributed by atoms with van der Waals surface area (Å²) in [6, 6.07) is 0. The van der Waals surface area contributed by atoms with E-state index in [1.54, 1.807) is 0 Å². The molecule has 0 saturated carbocycles. The summed E-state index contributed by atoms with van der Waals surface area (Å²) in [5, 5.41) is 10.9. The Morgan fingerprint density at radius 3 is 1.79 bits per heavy atom. The Labute approximate surface area is 160 Å². The van der Waals surface area contributed by atoms with Crippen LogP contribution in [0.1, 0.15) is 70.0 Å². The van der Waals surface area contributed by atoms with E-state index in [9.17, 15) is 9.90 Å². The summed E-state index contributed by atoms with van der Waals surface area (Å²) in [5.41, 5.74) is 0.851. The number of phenols is 1. The molecule has 24 heavy (non-hydrogen) atoms. The first-order chi connectivity index (χ1) is 10.8. The van der Waals surface area contributed by atoms with Gasteiger partial charge >= 0.3 is 5.97 Å². The lowest BCUT2D eigenvalue weighted by Crippen LogP contribution is -2.22. The minimum absolute atomic E-state index is 0.157. The van der Waals surface area contributed by atoms with Gasteiger partial charge in [-0.15, -0.1) is 37.0 Å². The van der Waals surface area contributed by atoms with E-state index in [2.05, 4.69) is 25.3 Å². The van der Waals surface area contributed by atoms with E-state index in [1.165, 1.54) is 11.8 Å². The standard InChI is InChI=1S/C18H28O3S3/c1-8-24-9-21-16(20)10-14(22)11(17(2,3)4)13(19)12(15(10)23)18(5,6)7/h19,22-23H,8-9H2,1-7H3. The molecule has 1 N–H and O–H groups in total. The van der Waals surface area contributed by atoms with Gasteiger partial charge < -0.3 is 9.84 Å². The molecule has 3 nitrogen and oxygen atoms in total. The topological polar surface area (TPSA) is 46.5 Å². The van der Waals surface area contributed by atoms with Crippen molar-refractivity contribution in [2.45, 2.75) is 69.1 Å². The third-order valence-electron chi connectivity index (χ3n) is 3.60. The molecule has 0 aromatic heterocycles. The first kappa shape index (κ1) is 21.6. The van der Waals surface area contributed by atoms with E-state index >= 15 is 0 Å². The molecule has 0 unspecified atom stereocenters. The van der Waals surface area contributed by atoms with Crippen LogP contribution in [-0.4, -0.2) is 22.8 Å². The van der Waals surface area contributed by atoms with Gasteiger partial charge in [-0.05, 0) is 16.6 Å². The van der Waals surface area contributed by atoms with E-state index in [1.807, 2.05) is 48.5 Å². The van der Waals surface area contributed by atoms with Crippen LogP contribution in [0.3, 0.4) is 0 Å². The first-order valence-electron chi connectivity index (χ1n) is 7.90. The number of hydrogen-bond acceptors (Lipinski definition) is 6. The zero-order valence-corrected chi connectivity index (χ0v) is 18.1. The van der Waals surface area contributed by atoms with Gasteiger partial charge in [0.2, 0.25) is 0 Å². The van der Waals surface area contributed by atoms with Crippen molar-refractivity contribution in [2.75, 3.05) is 11.7 Å². The molecule has 6 heteroatoms. The Bertz CT molecular complexity index is 585. The number of benzene rings is 1. The summed E-state index contributed by atoms with van der Waals surface area (Å²) >= 11 is 10.6. The summed E-state index contributed by atoms with van der Waals surface area (Å²) in [5.74, 6) is 0.850. The van der Waals surface area contributed by atoms with E-state index in [0.717, 1.165) is 5.75 Å². The van der Waals surface area contributed by atoms with Crippen molar-refractivity contribution in [3.8, 4) is 5.75 Å². The van der Waals surface area contributed by atoms with Crippen LogP contribution in [0.15, 0.2) is 9.79 Å². The molecule has 1 aromatic rings. The van der Waals surface area contributed by atoms with Crippen LogP contribution < -0.4 is 0 Å². The predicted molar refractivity (Wildman–Crippen MR) is 108 cm³/mol. The molecule has 0 fully saturated rings. The molecule has 1 aromatic carbocycles. The van der Waals surface area contributed by atoms with E-state index in [0.29, 0.717) is 26.5 Å². The maximum atomic E-state index is 12.6. The minimum Gasteiger partial charge on any atom is -0.507 e. The molecule has 0 radical (unpaired) electrons. The zero-order chi connectivity index (χ0) is 18.9. The maximum Gasteiger partial charge on any atom is 0.341 e. The second-order valence-corrected chi connectivity index (χ2v) is 9.83. The van der Waals surface area contributed by atoms with Crippen LogP contribution >= 0.6 is 37.0 Å². The quantitative estimate of drug-likeness (QED) is 0.278. The van der Waals surface area contributed by atoms with Gasteiger partial charge in [-0.1, -0.05) is 48.5 Å². The van der Waals surface area contributed by atoms with Gasteiger partial charge in [-0.25, -0.2) is 4.79 Å². The predicted octanol–water partition coefficient (Wildman–Crippen LogP) is 5.43. The lowest BCUT2D eigenvalue weighted by Gasteiger charge is -2.31. The highest BCUT2D eigenvalue weighted by Crippen LogP contribution is 2.47. The summed E-state index contributed by atoms with van der Waals surface area (Å²) in [4.78, 5) is 13.5. The molecule has 0 aliphatic carbocycles. The minimum atomic E-state index is -0.457. The molecule has 0 spiro atoms. The molecule has 0 heterocycles. The zero-order valence-electron chi connectivity index (χ0n) is 15.5. The largest absolute Gasteiger partial charge is 0.507 e. The average Bonchev–Trinajstić information content (AvgIpc) is 2.34. The van der Waals surface area contributed by atoms with Crippen molar-refractivity contribution in [1.29, 1.82) is 0 Å². The Morgan fingerprint density at radius 1 is 1.04 bits per heavy atom. The molecule has 1 rings (SSSR count). The van der Waals surface area contributed by atoms with Gasteiger partial charge in [0.05, 0.1) is 5.56 Å². The van der Waals surface area contributed by atoms with Crippen molar-refractivity contribution in [2.24, 2.45) is 0 Å². The highest BCUT2D eigenvalue weighted by molar-refractivity contribution is 7.99. The Morgan fingerprint density at radius 2 is 1.46 bits per heavy atom. The maximum absolute atomic E-state index is 12.6. The number of ether oxygens (including phenoxy) is 1. The third-order valence-corrected chi connectivity index (χ3v) is 5.19. The fourth-order valence-electron chi connectivity index (χ4n) is 2.58. The summed E-state index contributed by atoms with van der Waals surface area (Å²) in [6.45, 7) is 13.9. The van der Waals surface area contributed by atoms with Crippen molar-refractivity contribution in [1.82, 2.24) is 0 Å². The molecule has 136 valence electrons. The van der Waals surface area contributed by atoms with Crippen LogP contribution in [0, 0.1) is 0 Å². The third kappa shape index (κ3) is 4.58. The summed E-state index contributed by atoms with van der Waals surface area (Å²) in [6.07, 6.45) is 0. The van der Waals surface area contributed by atoms with E-state index in [-0.39, 0.29) is 22.5 Å². The number of phenolic OH excluding ortho intramolecular Hbond substituents is 1. The van der Waals surface area contributed by atoms with Crippen LogP contribution in [0.25, 0.3) is 0 Å². The highest BCUT2D eigenvalue weighted by atomic mass is 32.2. The number of thiol groups is 2. The smallest absolute Gasteiger partial charge is 0.341 e. The van der Waals surface area contributed by atoms with Crippen LogP contribution in [0.5, 0.6) is 5.75 Å². The van der Waals surface area contributed by atoms with Crippen LogP contribution in [0.4, 0.5) is 0 Å². The molecule has 0 aliphatic heterocycles. The van der Waals surface area contributed by atoms with Gasteiger partial charge in [0, 0.05) is 20.9 Å². The van der Waals surface area contributed by atoms with Gasteiger partial charge in [-0.2, -0.15) is 0 Å². The van der Waals surface area contributed by atoms with Crippen molar-refractivity contribution in [3.05, 3.63) is 16.7 Å². The molecular weight excluding hydrogens is 360 g/mol. The van der Waals surface area contributed by atoms with Crippen LogP contribution in [-0.2, 0) is 15.6 Å². The number of rotatable bonds is 4. The molecule has 0 atom stereocenters. The molecule has 0 amide bonds. The Kier molecular flexibility index (Phi) is 7.04. The second-order valence-electron chi connectivity index (χ2n) is 7.71. The van der Waals surface area contributed by atoms with Crippen LogP contribution in [0.2, 0.25) is 0 Å². The van der Waals surface area contributed by atoms with E-state index in [4.69, 9.17) is 4.74 Å². The number of thioether (sulfide) groups is 1. The number of carbonyl (C=O) groups excluding carboxylic acids is 1. The Balaban J connectivity index is 3.68. The fraction of sp³-hybridized carbons (Fsp3) is 0.611. The summed E-state index contributed by atoms with van der Waals surface area (Å²) < 4.78 is 5.35. The molecule has 0 aliphatic rings. The van der Waals surface area contributed by atoms with Gasteiger partial charge in [0.15, 0.2) is 0 Å². The van der Waals surface area contributed by atoms with Gasteiger partial charge in [0.1, 0.15) is 11.7 Å². The lowest BCUT2D eigenvalue weighted by atomic mass is 9.78. The normalized spacial score (nSPS) is 12.4. The monoisotopic (exact) mass is 388 g/mol. The number of esters is 1. The number of hydrogen-bond donors (Lipinski definition) is 3. The summed E-state index contributed by atoms with van der Waals surface area (Å²) in [7, 11) is 0. The van der Waals surface area contributed by atoms with Crippen molar-refractivity contribution in [3.63, 3.8) is 0 Å². The highest BCUT2D eigenvalue weighted by Gasteiger charge is 2.34. The number of carbonyl (C=O) groups is 1. The Hall–Kier alpha value is -0.460. The lowest BCUT2D eigenvalue weighted by molar-refractivity contribution is 0.0570. The van der Waals surface area contributed by atoms with E-state index < -0.39 is 5.97 Å². The van der Waals surface area contributed by atoms with Crippen molar-refractivity contribution >= 4 is 43.0 Å². The van der Waals surface area contributed by atoms with Gasteiger partial charge in [-0.3, -0.25) is 0 Å². The SMILES string of the molecule is CCSCOC(=O)c1c(S)c(C(C)(C)C)c(O)c(C(C)(C)C)c1S. The first-order valence-corrected chi connectivity index (χ1v) is 9.95. The molecule has 0 bridgehead atoms. The average molecular weight is 389 g/mol. The molecule has 0 saturated heterocycles. The molecular formula is C18H28O3S3. The van der Waals surface area contributed by atoms with Crippen molar-refractivity contribution < 1.29 is 14.6 Å². The van der Waals surface area contributed by atoms with Gasteiger partial charge in [0.25, 0.3) is 0 Å².